The van der Waals surface area contributed by atoms with Gasteiger partial charge in [0.25, 0.3) is 0 Å². The van der Waals surface area contributed by atoms with Gasteiger partial charge in [-0.1, -0.05) is 37.3 Å². The van der Waals surface area contributed by atoms with Crippen molar-refractivity contribution in [2.24, 2.45) is 0 Å². The van der Waals surface area contributed by atoms with E-state index < -0.39 is 127 Å². The Bertz CT molecular complexity index is 1770. The molecule has 0 N–H and O–H groups in total. The molecule has 10 atom stereocenters. The maximum Gasteiger partial charge on any atom is 0.347 e. The van der Waals surface area contributed by atoms with Crippen molar-refractivity contribution in [1.29, 1.82) is 0 Å². The van der Waals surface area contributed by atoms with Gasteiger partial charge in [0.15, 0.2) is 61.0 Å². The van der Waals surface area contributed by atoms with Crippen molar-refractivity contribution in [2.45, 2.75) is 144 Å². The fraction of sp³-hybridized carbons (Fsp3) is 0.550. The highest BCUT2D eigenvalue weighted by molar-refractivity contribution is 5.89. The Hall–Kier alpha value is -6.61. The van der Waals surface area contributed by atoms with Crippen molar-refractivity contribution < 1.29 is 105 Å². The van der Waals surface area contributed by atoms with Gasteiger partial charge in [0.1, 0.15) is 6.61 Å². The first-order valence-corrected chi connectivity index (χ1v) is 18.9. The van der Waals surface area contributed by atoms with E-state index in [1.807, 2.05) is 0 Å². The minimum atomic E-state index is -1.67. The molecule has 343 valence electrons. The number of hydrogen-bond acceptors (Lipinski definition) is 22. The number of benzene rings is 1. The molecule has 0 saturated heterocycles. The normalized spacial score (nSPS) is 15.5. The fourth-order valence-corrected chi connectivity index (χ4v) is 4.00. The molecule has 0 amide bonds. The zero-order chi connectivity index (χ0) is 47.4. The Kier molecular flexibility index (Phi) is 22.3. The molecule has 1 rings (SSSR count). The SMILES string of the molecule is C[CH]C(=O)O[C@@H](C)C(=O)O[C@@H](C)C(=O)O[C@@H](C)C(=O)O[C@@H](C)C(=O)O[C@@H](C)C(=O)O[C@@H](C)C(=O)O[C@@H](C)C(=O)O[C@@H](C)C(=O)O[C@@H](C)C(=O)O[C@@H](C)C(=O)OCc1ccccc1. The second-order valence-corrected chi connectivity index (χ2v) is 13.2. The summed E-state index contributed by atoms with van der Waals surface area (Å²) in [6.07, 6.45) is -14.6. The van der Waals surface area contributed by atoms with E-state index in [1.54, 1.807) is 30.3 Å². The fourth-order valence-electron chi connectivity index (χ4n) is 4.00. The molecule has 0 aromatic heterocycles. The van der Waals surface area contributed by atoms with Crippen LogP contribution in [0.25, 0.3) is 0 Å². The predicted molar refractivity (Wildman–Crippen MR) is 202 cm³/mol. The van der Waals surface area contributed by atoms with Crippen molar-refractivity contribution in [3.8, 4) is 0 Å². The molecular formula is C40H51O22. The Morgan fingerprint density at radius 1 is 0.355 bits per heavy atom. The molecule has 62 heavy (non-hydrogen) atoms. The van der Waals surface area contributed by atoms with Crippen LogP contribution in [0.15, 0.2) is 30.3 Å². The maximum absolute atomic E-state index is 12.5. The summed E-state index contributed by atoms with van der Waals surface area (Å²) in [5.41, 5.74) is 0.701. The van der Waals surface area contributed by atoms with Crippen molar-refractivity contribution in [3.05, 3.63) is 42.3 Å². The van der Waals surface area contributed by atoms with Crippen LogP contribution in [0.1, 0.15) is 81.7 Å². The summed E-state index contributed by atoms with van der Waals surface area (Å²) in [5.74, 6) is -12.4. The van der Waals surface area contributed by atoms with Gasteiger partial charge in [0.05, 0.1) is 6.42 Å². The van der Waals surface area contributed by atoms with Gasteiger partial charge in [-0.2, -0.15) is 0 Å². The molecule has 0 bridgehead atoms. The molecular weight excluding hydrogens is 832 g/mol. The first kappa shape index (κ1) is 53.4. The van der Waals surface area contributed by atoms with Crippen molar-refractivity contribution in [3.63, 3.8) is 0 Å². The largest absolute Gasteiger partial charge is 0.458 e. The molecule has 0 heterocycles. The quantitative estimate of drug-likeness (QED) is 0.110. The second kappa shape index (κ2) is 25.9. The monoisotopic (exact) mass is 883 g/mol. The van der Waals surface area contributed by atoms with Crippen molar-refractivity contribution >= 4 is 65.7 Å². The van der Waals surface area contributed by atoms with Crippen molar-refractivity contribution in [2.75, 3.05) is 0 Å². The highest BCUT2D eigenvalue weighted by atomic mass is 16.7. The first-order chi connectivity index (χ1) is 28.9. The van der Waals surface area contributed by atoms with Gasteiger partial charge >= 0.3 is 65.7 Å². The molecule has 0 unspecified atom stereocenters. The lowest BCUT2D eigenvalue weighted by molar-refractivity contribution is -0.190. The van der Waals surface area contributed by atoms with Crippen LogP contribution in [0, 0.1) is 6.42 Å². The molecule has 1 radical (unpaired) electrons. The van der Waals surface area contributed by atoms with E-state index in [1.165, 1.54) is 20.8 Å². The van der Waals surface area contributed by atoms with E-state index in [0.717, 1.165) is 61.8 Å². The van der Waals surface area contributed by atoms with Crippen LogP contribution in [-0.2, 0) is 111 Å². The summed E-state index contributed by atoms with van der Waals surface area (Å²) in [7, 11) is 0. The molecule has 1 aromatic carbocycles. The molecule has 0 saturated carbocycles. The zero-order valence-electron chi connectivity index (χ0n) is 35.9. The van der Waals surface area contributed by atoms with Gasteiger partial charge < -0.3 is 52.1 Å². The van der Waals surface area contributed by atoms with Crippen LogP contribution < -0.4 is 0 Å². The minimum absolute atomic E-state index is 0.0655. The molecule has 0 spiro atoms. The summed E-state index contributed by atoms with van der Waals surface area (Å²) in [6, 6.07) is 8.73. The van der Waals surface area contributed by atoms with E-state index in [0.29, 0.717) is 5.56 Å². The molecule has 0 aliphatic rings. The third-order valence-electron chi connectivity index (χ3n) is 7.71. The number of ether oxygens (including phenoxy) is 11. The lowest BCUT2D eigenvalue weighted by Gasteiger charge is -2.21. The van der Waals surface area contributed by atoms with Crippen LogP contribution in [-0.4, -0.2) is 127 Å². The summed E-state index contributed by atoms with van der Waals surface area (Å²) in [6.45, 7) is 12.5. The van der Waals surface area contributed by atoms with Crippen LogP contribution in [0.4, 0.5) is 0 Å². The number of hydrogen-bond donors (Lipinski definition) is 0. The van der Waals surface area contributed by atoms with E-state index in [2.05, 4.69) is 0 Å². The number of rotatable bonds is 23. The molecule has 1 aromatic rings. The molecule has 22 nitrogen and oxygen atoms in total. The number of esters is 11. The third-order valence-corrected chi connectivity index (χ3v) is 7.71. The number of carbonyl (C=O) groups is 11. The van der Waals surface area contributed by atoms with Crippen LogP contribution in [0.3, 0.4) is 0 Å². The summed E-state index contributed by atoms with van der Waals surface area (Å²) in [4.78, 5) is 135. The second-order valence-electron chi connectivity index (χ2n) is 13.2. The van der Waals surface area contributed by atoms with E-state index in [-0.39, 0.29) is 6.61 Å². The average Bonchev–Trinajstić information content (AvgIpc) is 3.22. The average molecular weight is 884 g/mol. The molecule has 0 aliphatic carbocycles. The summed E-state index contributed by atoms with van der Waals surface area (Å²) in [5, 5.41) is 0. The zero-order valence-corrected chi connectivity index (χ0v) is 35.9. The van der Waals surface area contributed by atoms with Gasteiger partial charge in [-0.25, -0.2) is 47.9 Å². The lowest BCUT2D eigenvalue weighted by atomic mass is 10.2. The standard InChI is InChI=1S/C40H51O22/c1-12-30(41)53-20(3)32(43)55-22(5)34(45)57-24(7)36(47)59-26(9)38(49)61-28(11)40(51)62-27(10)39(50)60-25(8)37(48)58-23(6)35(46)56-21(4)33(44)54-19(2)31(42)52-18-29-16-14-13-15-17-29/h12-17,19-28H,18H2,1-11H3/t19-,20-,21-,22-,23-,24-,25-,26-,27-,28-/m0/s1. The van der Waals surface area contributed by atoms with Gasteiger partial charge in [-0.3, -0.25) is 4.79 Å². The predicted octanol–water partition coefficient (Wildman–Crippen LogP) is 1.27. The Morgan fingerprint density at radius 2 is 0.565 bits per heavy atom. The van der Waals surface area contributed by atoms with E-state index in [9.17, 15) is 52.7 Å². The summed E-state index contributed by atoms with van der Waals surface area (Å²) < 4.78 is 54.2. The molecule has 22 heteroatoms. The maximum atomic E-state index is 12.5. The van der Waals surface area contributed by atoms with Gasteiger partial charge in [0.2, 0.25) is 0 Å². The topological polar surface area (TPSA) is 289 Å². The Balaban J connectivity index is 2.52. The summed E-state index contributed by atoms with van der Waals surface area (Å²) >= 11 is 0. The molecule has 0 aliphatic heterocycles. The van der Waals surface area contributed by atoms with E-state index >= 15 is 0 Å². The third kappa shape index (κ3) is 18.8. The van der Waals surface area contributed by atoms with Crippen LogP contribution in [0.5, 0.6) is 0 Å². The van der Waals surface area contributed by atoms with E-state index in [4.69, 9.17) is 52.1 Å². The van der Waals surface area contributed by atoms with Gasteiger partial charge in [-0.05, 0) is 74.8 Å². The molecule has 0 fully saturated rings. The van der Waals surface area contributed by atoms with Crippen LogP contribution >= 0.6 is 0 Å². The van der Waals surface area contributed by atoms with Gasteiger partial charge in [-0.15, -0.1) is 0 Å². The number of carbonyl (C=O) groups excluding carboxylic acids is 11. The van der Waals surface area contributed by atoms with Crippen LogP contribution in [0.2, 0.25) is 0 Å². The lowest BCUT2D eigenvalue weighted by Crippen LogP contribution is -2.40. The van der Waals surface area contributed by atoms with Gasteiger partial charge in [0, 0.05) is 0 Å². The Labute approximate surface area is 356 Å². The highest BCUT2D eigenvalue weighted by Crippen LogP contribution is 2.12. The Morgan fingerprint density at radius 3 is 0.790 bits per heavy atom. The smallest absolute Gasteiger partial charge is 0.347 e. The minimum Gasteiger partial charge on any atom is -0.458 e. The highest BCUT2D eigenvalue weighted by Gasteiger charge is 2.34. The van der Waals surface area contributed by atoms with Crippen molar-refractivity contribution in [1.82, 2.24) is 0 Å². The first-order valence-electron chi connectivity index (χ1n) is 18.9.